The number of carbonyl (C=O) groups is 1. The lowest BCUT2D eigenvalue weighted by molar-refractivity contribution is -0.115. The molecular weight excluding hydrogens is 334 g/mol. The van der Waals surface area contributed by atoms with Gasteiger partial charge in [-0.1, -0.05) is 36.0 Å². The highest BCUT2D eigenvalue weighted by Gasteiger charge is 2.19. The average molecular weight is 353 g/mol. The first-order valence-corrected chi connectivity index (χ1v) is 8.80. The van der Waals surface area contributed by atoms with Crippen LogP contribution in [0.15, 0.2) is 53.7 Å². The van der Waals surface area contributed by atoms with Gasteiger partial charge in [-0.05, 0) is 66.6 Å². The molecule has 1 N–H and O–H groups in total. The molecule has 0 saturated carbocycles. The third-order valence-corrected chi connectivity index (χ3v) is 4.66. The molecule has 1 atom stereocenters. The predicted molar refractivity (Wildman–Crippen MR) is 99.0 cm³/mol. The Morgan fingerprint density at radius 3 is 2.56 bits per heavy atom. The summed E-state index contributed by atoms with van der Waals surface area (Å²) >= 11 is 1.32. The third kappa shape index (κ3) is 4.24. The molecule has 0 aliphatic rings. The molecule has 0 aliphatic heterocycles. The standard InChI is InChI=1S/C18H19N5OS/c1-12-6-4-8-15(10-12)19-17(24)14(3)25-18-20-21-22-23(18)16-9-5-7-13(2)11-16/h4-11,14H,1-3H3,(H,19,24). The lowest BCUT2D eigenvalue weighted by Gasteiger charge is -2.12. The van der Waals surface area contributed by atoms with Crippen LogP contribution < -0.4 is 5.32 Å². The van der Waals surface area contributed by atoms with Crippen LogP contribution in [0.4, 0.5) is 5.69 Å². The molecule has 3 aromatic rings. The number of benzene rings is 2. The van der Waals surface area contributed by atoms with Gasteiger partial charge in [-0.15, -0.1) is 5.10 Å². The predicted octanol–water partition coefficient (Wildman–Crippen LogP) is 3.40. The number of nitrogens with zero attached hydrogens (tertiary/aromatic N) is 4. The maximum Gasteiger partial charge on any atom is 0.237 e. The van der Waals surface area contributed by atoms with E-state index >= 15 is 0 Å². The second-order valence-corrected chi connectivity index (χ2v) is 7.14. The van der Waals surface area contributed by atoms with E-state index in [4.69, 9.17) is 0 Å². The summed E-state index contributed by atoms with van der Waals surface area (Å²) in [4.78, 5) is 12.4. The molecule has 1 unspecified atom stereocenters. The number of tetrazole rings is 1. The fourth-order valence-electron chi connectivity index (χ4n) is 2.35. The van der Waals surface area contributed by atoms with E-state index in [0.29, 0.717) is 5.16 Å². The van der Waals surface area contributed by atoms with E-state index in [0.717, 1.165) is 22.5 Å². The van der Waals surface area contributed by atoms with Crippen LogP contribution in [0.25, 0.3) is 5.69 Å². The van der Waals surface area contributed by atoms with Gasteiger partial charge >= 0.3 is 0 Å². The molecule has 0 aliphatic carbocycles. The van der Waals surface area contributed by atoms with Gasteiger partial charge in [-0.3, -0.25) is 4.79 Å². The molecule has 6 nitrogen and oxygen atoms in total. The Hall–Kier alpha value is -2.67. The summed E-state index contributed by atoms with van der Waals surface area (Å²) in [5, 5.41) is 15.0. The van der Waals surface area contributed by atoms with Gasteiger partial charge in [0.05, 0.1) is 10.9 Å². The molecular formula is C18H19N5OS. The number of aryl methyl sites for hydroxylation is 2. The van der Waals surface area contributed by atoms with E-state index in [1.807, 2.05) is 69.3 Å². The number of rotatable bonds is 5. The van der Waals surface area contributed by atoms with Crippen molar-refractivity contribution in [3.05, 3.63) is 59.7 Å². The van der Waals surface area contributed by atoms with Crippen molar-refractivity contribution in [1.82, 2.24) is 20.2 Å². The average Bonchev–Trinajstić information content (AvgIpc) is 3.03. The Labute approximate surface area is 150 Å². The highest BCUT2D eigenvalue weighted by atomic mass is 32.2. The molecule has 0 saturated heterocycles. The molecule has 3 rings (SSSR count). The van der Waals surface area contributed by atoms with Gasteiger partial charge in [0, 0.05) is 5.69 Å². The lowest BCUT2D eigenvalue weighted by Crippen LogP contribution is -2.23. The van der Waals surface area contributed by atoms with Gasteiger partial charge in [0.2, 0.25) is 11.1 Å². The Morgan fingerprint density at radius 1 is 1.12 bits per heavy atom. The highest BCUT2D eigenvalue weighted by Crippen LogP contribution is 2.24. The molecule has 0 bridgehead atoms. The van der Waals surface area contributed by atoms with Crippen LogP contribution >= 0.6 is 11.8 Å². The molecule has 128 valence electrons. The first-order valence-electron chi connectivity index (χ1n) is 7.92. The first-order chi connectivity index (χ1) is 12.0. The van der Waals surface area contributed by atoms with Gasteiger partial charge in [0.25, 0.3) is 0 Å². The van der Waals surface area contributed by atoms with Crippen LogP contribution in [0.1, 0.15) is 18.1 Å². The van der Waals surface area contributed by atoms with Crippen LogP contribution in [-0.4, -0.2) is 31.4 Å². The SMILES string of the molecule is Cc1cccc(NC(=O)C(C)Sc2nnnn2-c2cccc(C)c2)c1. The third-order valence-electron chi connectivity index (χ3n) is 3.62. The number of hydrogen-bond donors (Lipinski definition) is 1. The quantitative estimate of drug-likeness (QED) is 0.712. The van der Waals surface area contributed by atoms with Gasteiger partial charge in [0.1, 0.15) is 0 Å². The maximum absolute atomic E-state index is 12.4. The van der Waals surface area contributed by atoms with Crippen molar-refractivity contribution in [2.75, 3.05) is 5.32 Å². The van der Waals surface area contributed by atoms with Crippen molar-refractivity contribution >= 4 is 23.4 Å². The fourth-order valence-corrected chi connectivity index (χ4v) is 3.16. The monoisotopic (exact) mass is 353 g/mol. The van der Waals surface area contributed by atoms with Gasteiger partial charge in [-0.2, -0.15) is 4.68 Å². The maximum atomic E-state index is 12.4. The van der Waals surface area contributed by atoms with Crippen LogP contribution in [0.2, 0.25) is 0 Å². The molecule has 25 heavy (non-hydrogen) atoms. The largest absolute Gasteiger partial charge is 0.325 e. The van der Waals surface area contributed by atoms with Crippen molar-refractivity contribution in [2.45, 2.75) is 31.2 Å². The van der Waals surface area contributed by atoms with Crippen molar-refractivity contribution in [1.29, 1.82) is 0 Å². The highest BCUT2D eigenvalue weighted by molar-refractivity contribution is 8.00. The first kappa shape index (κ1) is 17.2. The molecule has 1 amide bonds. The minimum Gasteiger partial charge on any atom is -0.325 e. The molecule has 0 spiro atoms. The summed E-state index contributed by atoms with van der Waals surface area (Å²) in [6.07, 6.45) is 0. The van der Waals surface area contributed by atoms with E-state index in [2.05, 4.69) is 20.8 Å². The van der Waals surface area contributed by atoms with Gasteiger partial charge < -0.3 is 5.32 Å². The molecule has 1 aromatic heterocycles. The molecule has 0 fully saturated rings. The van der Waals surface area contributed by atoms with E-state index in [1.165, 1.54) is 11.8 Å². The van der Waals surface area contributed by atoms with E-state index in [-0.39, 0.29) is 11.2 Å². The number of nitrogens with one attached hydrogen (secondary N) is 1. The number of carbonyl (C=O) groups excluding carboxylic acids is 1. The Bertz CT molecular complexity index is 892. The summed E-state index contributed by atoms with van der Waals surface area (Å²) in [5.41, 5.74) is 3.88. The number of aromatic nitrogens is 4. The zero-order valence-corrected chi connectivity index (χ0v) is 15.1. The van der Waals surface area contributed by atoms with Crippen LogP contribution in [0.5, 0.6) is 0 Å². The number of amides is 1. The molecule has 2 aromatic carbocycles. The topological polar surface area (TPSA) is 72.7 Å². The smallest absolute Gasteiger partial charge is 0.237 e. The second-order valence-electron chi connectivity index (χ2n) is 5.83. The van der Waals surface area contributed by atoms with Crippen LogP contribution in [0.3, 0.4) is 0 Å². The summed E-state index contributed by atoms with van der Waals surface area (Å²) in [6.45, 7) is 5.84. The van der Waals surface area contributed by atoms with Crippen LogP contribution in [-0.2, 0) is 4.79 Å². The lowest BCUT2D eigenvalue weighted by atomic mass is 10.2. The Kier molecular flexibility index (Phi) is 5.14. The van der Waals surface area contributed by atoms with Crippen molar-refractivity contribution in [3.63, 3.8) is 0 Å². The molecule has 0 radical (unpaired) electrons. The minimum absolute atomic E-state index is 0.0885. The molecule has 7 heteroatoms. The summed E-state index contributed by atoms with van der Waals surface area (Å²) < 4.78 is 1.65. The molecule has 1 heterocycles. The summed E-state index contributed by atoms with van der Waals surface area (Å²) in [7, 11) is 0. The van der Waals surface area contributed by atoms with E-state index in [9.17, 15) is 4.79 Å². The summed E-state index contributed by atoms with van der Waals surface area (Å²) in [5.74, 6) is -0.0885. The Morgan fingerprint density at radius 2 is 1.84 bits per heavy atom. The van der Waals surface area contributed by atoms with E-state index in [1.54, 1.807) is 4.68 Å². The zero-order valence-electron chi connectivity index (χ0n) is 14.3. The van der Waals surface area contributed by atoms with Gasteiger partial charge in [0.15, 0.2) is 0 Å². The van der Waals surface area contributed by atoms with Crippen molar-refractivity contribution < 1.29 is 4.79 Å². The zero-order chi connectivity index (χ0) is 17.8. The number of thioether (sulfide) groups is 1. The summed E-state index contributed by atoms with van der Waals surface area (Å²) in [6, 6.07) is 15.6. The number of hydrogen-bond acceptors (Lipinski definition) is 5. The normalized spacial score (nSPS) is 12.0. The second kappa shape index (κ2) is 7.48. The minimum atomic E-state index is -0.338. The number of anilines is 1. The van der Waals surface area contributed by atoms with Gasteiger partial charge in [-0.25, -0.2) is 0 Å². The fraction of sp³-hybridized carbons (Fsp3) is 0.222. The van der Waals surface area contributed by atoms with Crippen molar-refractivity contribution in [2.24, 2.45) is 0 Å². The van der Waals surface area contributed by atoms with E-state index < -0.39 is 0 Å². The Balaban J connectivity index is 1.72. The van der Waals surface area contributed by atoms with Crippen LogP contribution in [0, 0.1) is 13.8 Å². The van der Waals surface area contributed by atoms with Crippen molar-refractivity contribution in [3.8, 4) is 5.69 Å².